The highest BCUT2D eigenvalue weighted by Crippen LogP contribution is 2.39. The Kier molecular flexibility index (Phi) is 4.92. The first-order valence-corrected chi connectivity index (χ1v) is 8.65. The van der Waals surface area contributed by atoms with E-state index in [4.69, 9.17) is 9.94 Å². The summed E-state index contributed by atoms with van der Waals surface area (Å²) in [6, 6.07) is 5.76. The molecule has 6 nitrogen and oxygen atoms in total. The molecule has 0 saturated carbocycles. The SMILES string of the molecule is CC(C)N1CCCC2(CC(=O)c3cc(C=CC(=O)NO)ccc3O2)C1. The third-order valence-electron chi connectivity index (χ3n) is 4.95. The molecule has 0 aromatic heterocycles. The van der Waals surface area contributed by atoms with Crippen LogP contribution in [0.1, 0.15) is 49.0 Å². The Labute approximate surface area is 147 Å². The van der Waals surface area contributed by atoms with Crippen molar-refractivity contribution in [1.29, 1.82) is 0 Å². The van der Waals surface area contributed by atoms with Crippen molar-refractivity contribution >= 4 is 17.8 Å². The number of piperidine rings is 1. The van der Waals surface area contributed by atoms with Crippen LogP contribution in [0.4, 0.5) is 0 Å². The molecule has 25 heavy (non-hydrogen) atoms. The number of hydrogen-bond acceptors (Lipinski definition) is 5. The van der Waals surface area contributed by atoms with E-state index >= 15 is 0 Å². The maximum atomic E-state index is 12.7. The molecule has 1 aromatic carbocycles. The number of nitrogens with one attached hydrogen (secondary N) is 1. The fourth-order valence-corrected chi connectivity index (χ4v) is 3.63. The minimum Gasteiger partial charge on any atom is -0.485 e. The lowest BCUT2D eigenvalue weighted by Gasteiger charge is -2.46. The molecule has 1 spiro atoms. The van der Waals surface area contributed by atoms with Crippen LogP contribution < -0.4 is 10.2 Å². The number of Topliss-reactive ketones (excluding diaryl/α,β-unsaturated/α-hetero) is 1. The molecule has 0 aliphatic carbocycles. The maximum Gasteiger partial charge on any atom is 0.267 e. The Morgan fingerprint density at radius 1 is 1.44 bits per heavy atom. The first-order valence-electron chi connectivity index (χ1n) is 8.65. The number of hydroxylamine groups is 1. The van der Waals surface area contributed by atoms with Gasteiger partial charge in [0.2, 0.25) is 0 Å². The summed E-state index contributed by atoms with van der Waals surface area (Å²) < 4.78 is 6.31. The van der Waals surface area contributed by atoms with Crippen molar-refractivity contribution in [2.24, 2.45) is 0 Å². The van der Waals surface area contributed by atoms with E-state index in [1.54, 1.807) is 24.3 Å². The van der Waals surface area contributed by atoms with E-state index in [0.29, 0.717) is 29.3 Å². The highest BCUT2D eigenvalue weighted by molar-refractivity contribution is 6.01. The topological polar surface area (TPSA) is 78.9 Å². The van der Waals surface area contributed by atoms with Crippen LogP contribution >= 0.6 is 0 Å². The second kappa shape index (κ2) is 6.98. The van der Waals surface area contributed by atoms with Gasteiger partial charge in [-0.3, -0.25) is 19.7 Å². The Morgan fingerprint density at radius 3 is 2.96 bits per heavy atom. The average Bonchev–Trinajstić information content (AvgIpc) is 2.59. The summed E-state index contributed by atoms with van der Waals surface area (Å²) in [5, 5.41) is 8.52. The van der Waals surface area contributed by atoms with Gasteiger partial charge in [-0.15, -0.1) is 0 Å². The van der Waals surface area contributed by atoms with Crippen LogP contribution in [0.3, 0.4) is 0 Å². The number of amides is 1. The van der Waals surface area contributed by atoms with Crippen LogP contribution in [0, 0.1) is 0 Å². The summed E-state index contributed by atoms with van der Waals surface area (Å²) >= 11 is 0. The minimum atomic E-state index is -0.616. The van der Waals surface area contributed by atoms with Gasteiger partial charge in [-0.2, -0.15) is 0 Å². The summed E-state index contributed by atoms with van der Waals surface area (Å²) in [5.41, 5.74) is 2.37. The molecule has 2 heterocycles. The van der Waals surface area contributed by atoms with E-state index in [2.05, 4.69) is 18.7 Å². The van der Waals surface area contributed by atoms with Gasteiger partial charge in [0.25, 0.3) is 5.91 Å². The molecule has 6 heteroatoms. The molecule has 3 rings (SSSR count). The van der Waals surface area contributed by atoms with Crippen LogP contribution in [-0.2, 0) is 4.79 Å². The zero-order chi connectivity index (χ0) is 18.0. The van der Waals surface area contributed by atoms with Gasteiger partial charge in [0.05, 0.1) is 12.0 Å². The van der Waals surface area contributed by atoms with Crippen molar-refractivity contribution in [2.75, 3.05) is 13.1 Å². The number of benzene rings is 1. The lowest BCUT2D eigenvalue weighted by molar-refractivity contribution is -0.124. The molecule has 2 aliphatic heterocycles. The standard InChI is InChI=1S/C19H24N2O4/c1-13(2)21-9-3-8-19(12-21)11-16(22)15-10-14(4-6-17(15)25-19)5-7-18(23)20-24/h4-7,10,13,24H,3,8-9,11-12H2,1-2H3,(H,20,23). The molecule has 134 valence electrons. The molecular formula is C19H24N2O4. The van der Waals surface area contributed by atoms with Gasteiger partial charge in [-0.05, 0) is 57.0 Å². The molecular weight excluding hydrogens is 320 g/mol. The largest absolute Gasteiger partial charge is 0.485 e. The average molecular weight is 344 g/mol. The van der Waals surface area contributed by atoms with Crippen molar-refractivity contribution in [2.45, 2.75) is 44.8 Å². The van der Waals surface area contributed by atoms with E-state index in [9.17, 15) is 9.59 Å². The summed E-state index contributed by atoms with van der Waals surface area (Å²) in [4.78, 5) is 26.2. The Morgan fingerprint density at radius 2 is 2.24 bits per heavy atom. The van der Waals surface area contributed by atoms with Crippen molar-refractivity contribution in [3.8, 4) is 5.75 Å². The van der Waals surface area contributed by atoms with Crippen molar-refractivity contribution < 1.29 is 19.5 Å². The van der Waals surface area contributed by atoms with Gasteiger partial charge in [0.1, 0.15) is 11.4 Å². The van der Waals surface area contributed by atoms with Crippen LogP contribution in [-0.4, -0.2) is 46.5 Å². The van der Waals surface area contributed by atoms with Gasteiger partial charge in [-0.1, -0.05) is 6.07 Å². The monoisotopic (exact) mass is 344 g/mol. The summed E-state index contributed by atoms with van der Waals surface area (Å²) in [5.74, 6) is 0.0783. The van der Waals surface area contributed by atoms with Crippen LogP contribution in [0.25, 0.3) is 6.08 Å². The molecule has 1 unspecified atom stereocenters. The molecule has 1 aromatic rings. The number of carbonyl (C=O) groups excluding carboxylic acids is 2. The lowest BCUT2D eigenvalue weighted by Crippen LogP contribution is -2.56. The molecule has 2 N–H and O–H groups in total. The van der Waals surface area contributed by atoms with Gasteiger partial charge in [0, 0.05) is 18.7 Å². The Hall–Kier alpha value is -2.18. The molecule has 1 saturated heterocycles. The second-order valence-corrected chi connectivity index (χ2v) is 7.12. The summed E-state index contributed by atoms with van der Waals surface area (Å²) in [6.45, 7) is 6.15. The third-order valence-corrected chi connectivity index (χ3v) is 4.95. The third kappa shape index (κ3) is 3.75. The van der Waals surface area contributed by atoms with Gasteiger partial charge in [-0.25, -0.2) is 5.48 Å². The fourth-order valence-electron chi connectivity index (χ4n) is 3.63. The molecule has 1 amide bonds. The first-order chi connectivity index (χ1) is 11.9. The number of fused-ring (bicyclic) bond motifs is 1. The lowest BCUT2D eigenvalue weighted by atomic mass is 9.83. The Bertz CT molecular complexity index is 713. The predicted octanol–water partition coefficient (Wildman–Crippen LogP) is 2.41. The second-order valence-electron chi connectivity index (χ2n) is 7.12. The van der Waals surface area contributed by atoms with E-state index < -0.39 is 11.5 Å². The Balaban J connectivity index is 1.83. The summed E-state index contributed by atoms with van der Waals surface area (Å²) in [6.07, 6.45) is 5.05. The van der Waals surface area contributed by atoms with Crippen molar-refractivity contribution in [3.05, 3.63) is 35.4 Å². The molecule has 1 atom stereocenters. The van der Waals surface area contributed by atoms with Crippen LogP contribution in [0.5, 0.6) is 5.75 Å². The highest BCUT2D eigenvalue weighted by Gasteiger charge is 2.44. The smallest absolute Gasteiger partial charge is 0.267 e. The fraction of sp³-hybridized carbons (Fsp3) is 0.474. The predicted molar refractivity (Wildman–Crippen MR) is 93.7 cm³/mol. The van der Waals surface area contributed by atoms with E-state index in [1.165, 1.54) is 11.6 Å². The highest BCUT2D eigenvalue weighted by atomic mass is 16.5. The van der Waals surface area contributed by atoms with Gasteiger partial charge < -0.3 is 4.74 Å². The zero-order valence-corrected chi connectivity index (χ0v) is 14.6. The minimum absolute atomic E-state index is 0.0775. The number of carbonyl (C=O) groups is 2. The van der Waals surface area contributed by atoms with E-state index in [0.717, 1.165) is 25.9 Å². The van der Waals surface area contributed by atoms with Crippen molar-refractivity contribution in [1.82, 2.24) is 10.4 Å². The number of ketones is 1. The number of likely N-dealkylation sites (tertiary alicyclic amines) is 1. The van der Waals surface area contributed by atoms with Gasteiger partial charge in [0.15, 0.2) is 5.78 Å². The van der Waals surface area contributed by atoms with Gasteiger partial charge >= 0.3 is 0 Å². The van der Waals surface area contributed by atoms with E-state index in [-0.39, 0.29) is 5.78 Å². The first kappa shape index (κ1) is 17.6. The molecule has 0 bridgehead atoms. The number of rotatable bonds is 3. The van der Waals surface area contributed by atoms with Crippen LogP contribution in [0.15, 0.2) is 24.3 Å². The molecule has 1 fully saturated rings. The maximum absolute atomic E-state index is 12.7. The zero-order valence-electron chi connectivity index (χ0n) is 14.6. The van der Waals surface area contributed by atoms with Crippen LogP contribution in [0.2, 0.25) is 0 Å². The normalized spacial score (nSPS) is 23.8. The summed E-state index contributed by atoms with van der Waals surface area (Å²) in [7, 11) is 0. The number of nitrogens with zero attached hydrogens (tertiary/aromatic N) is 1. The quantitative estimate of drug-likeness (QED) is 0.500. The molecule has 0 radical (unpaired) electrons. The van der Waals surface area contributed by atoms with E-state index in [1.807, 2.05) is 0 Å². The number of ether oxygens (including phenoxy) is 1. The van der Waals surface area contributed by atoms with Crippen molar-refractivity contribution in [3.63, 3.8) is 0 Å². The number of hydrogen-bond donors (Lipinski definition) is 2. The molecule has 2 aliphatic rings.